The number of carbonyl (C=O) groups is 2. The van der Waals surface area contributed by atoms with E-state index in [0.29, 0.717) is 17.5 Å². The van der Waals surface area contributed by atoms with Crippen molar-refractivity contribution in [3.8, 4) is 5.69 Å². The quantitative estimate of drug-likeness (QED) is 0.524. The molecule has 2 aliphatic heterocycles. The third-order valence-corrected chi connectivity index (χ3v) is 7.50. The topological polar surface area (TPSA) is 57.6 Å². The van der Waals surface area contributed by atoms with E-state index < -0.39 is 5.54 Å². The smallest absolute Gasteiger partial charge is 0.316 e. The molecule has 3 aromatic rings. The van der Waals surface area contributed by atoms with Crippen LogP contribution in [0, 0.1) is 5.82 Å². The lowest BCUT2D eigenvalue weighted by Crippen LogP contribution is -2.48. The number of hydrogen-bond acceptors (Lipinski definition) is 3. The molecule has 2 fully saturated rings. The van der Waals surface area contributed by atoms with Gasteiger partial charge in [0, 0.05) is 35.4 Å². The molecule has 0 saturated carbocycles. The Bertz CT molecular complexity index is 1250. The fourth-order valence-electron chi connectivity index (χ4n) is 5.15. The molecule has 0 atom stereocenters. The number of nitrogens with zero attached hydrogens (tertiary/aromatic N) is 3. The molecular weight excluding hydrogens is 455 g/mol. The fraction of sp³-hybridized carbons (Fsp3) is 0.385. The van der Waals surface area contributed by atoms with Crippen LogP contribution in [0.3, 0.4) is 0 Å². The van der Waals surface area contributed by atoms with Gasteiger partial charge in [-0.1, -0.05) is 11.6 Å². The predicted molar refractivity (Wildman–Crippen MR) is 131 cm³/mol. The minimum atomic E-state index is -0.809. The van der Waals surface area contributed by atoms with E-state index in [4.69, 9.17) is 11.6 Å². The molecule has 2 aliphatic rings. The number of fused-ring (bicyclic) bond motifs is 1. The molecule has 0 spiro atoms. The van der Waals surface area contributed by atoms with Crippen molar-refractivity contribution in [1.82, 2.24) is 19.7 Å². The molecule has 0 aliphatic carbocycles. The second-order valence-corrected chi connectivity index (χ2v) is 10.1. The maximum Gasteiger partial charge on any atom is 0.325 e. The normalized spacial score (nSPS) is 19.2. The number of urea groups is 1. The highest BCUT2D eigenvalue weighted by atomic mass is 35.5. The second kappa shape index (κ2) is 8.71. The van der Waals surface area contributed by atoms with Gasteiger partial charge in [0.15, 0.2) is 0 Å². The lowest BCUT2D eigenvalue weighted by atomic mass is 9.89. The van der Waals surface area contributed by atoms with Gasteiger partial charge in [-0.05, 0) is 93.7 Å². The first-order valence-electron chi connectivity index (χ1n) is 11.7. The minimum absolute atomic E-state index is 0.243. The van der Waals surface area contributed by atoms with Crippen LogP contribution in [0.25, 0.3) is 16.6 Å². The SMILES string of the molecule is CC1(C)C(=O)NC(=O)N1CCN1CCC(c2cn(-c3ccc(F)cc3)c3ccc(Cl)cc23)CC1. The van der Waals surface area contributed by atoms with E-state index in [0.717, 1.165) is 49.1 Å². The van der Waals surface area contributed by atoms with Crippen molar-refractivity contribution in [3.63, 3.8) is 0 Å². The van der Waals surface area contributed by atoms with Gasteiger partial charge in [0.25, 0.3) is 5.91 Å². The fourth-order valence-corrected chi connectivity index (χ4v) is 5.32. The predicted octanol–water partition coefficient (Wildman–Crippen LogP) is 4.93. The highest BCUT2D eigenvalue weighted by molar-refractivity contribution is 6.31. The van der Waals surface area contributed by atoms with Gasteiger partial charge in [0.1, 0.15) is 11.4 Å². The molecule has 178 valence electrons. The number of carbonyl (C=O) groups excluding carboxylic acids is 2. The first-order valence-corrected chi connectivity index (χ1v) is 12.0. The lowest BCUT2D eigenvalue weighted by Gasteiger charge is -2.35. The second-order valence-electron chi connectivity index (χ2n) is 9.68. The van der Waals surface area contributed by atoms with Gasteiger partial charge >= 0.3 is 6.03 Å². The van der Waals surface area contributed by atoms with Crippen LogP contribution < -0.4 is 5.32 Å². The summed E-state index contributed by atoms with van der Waals surface area (Å²) >= 11 is 6.35. The molecule has 2 aromatic carbocycles. The first kappa shape index (κ1) is 22.9. The molecule has 3 heterocycles. The van der Waals surface area contributed by atoms with Crippen molar-refractivity contribution in [2.45, 2.75) is 38.1 Å². The first-order chi connectivity index (χ1) is 16.2. The molecule has 3 amide bonds. The third kappa shape index (κ3) is 4.07. The van der Waals surface area contributed by atoms with Crippen molar-refractivity contribution < 1.29 is 14.0 Å². The highest BCUT2D eigenvalue weighted by Crippen LogP contribution is 2.37. The Morgan fingerprint density at radius 3 is 2.41 bits per heavy atom. The number of amides is 3. The van der Waals surface area contributed by atoms with Gasteiger partial charge in [-0.3, -0.25) is 10.1 Å². The summed E-state index contributed by atoms with van der Waals surface area (Å²) in [7, 11) is 0. The summed E-state index contributed by atoms with van der Waals surface area (Å²) in [4.78, 5) is 28.1. The Morgan fingerprint density at radius 1 is 1.06 bits per heavy atom. The molecule has 0 radical (unpaired) electrons. The van der Waals surface area contributed by atoms with Crippen molar-refractivity contribution in [3.05, 3.63) is 65.1 Å². The van der Waals surface area contributed by atoms with Crippen molar-refractivity contribution in [1.29, 1.82) is 0 Å². The molecular formula is C26H28ClFN4O2. The molecule has 8 heteroatoms. The van der Waals surface area contributed by atoms with E-state index in [9.17, 15) is 14.0 Å². The molecule has 0 bridgehead atoms. The monoisotopic (exact) mass is 482 g/mol. The summed E-state index contributed by atoms with van der Waals surface area (Å²) in [6, 6.07) is 12.1. The molecule has 2 saturated heterocycles. The number of imide groups is 1. The summed E-state index contributed by atoms with van der Waals surface area (Å²) in [5.41, 5.74) is 2.42. The zero-order chi connectivity index (χ0) is 24.0. The van der Waals surface area contributed by atoms with E-state index in [2.05, 4.69) is 21.0 Å². The van der Waals surface area contributed by atoms with Gasteiger partial charge in [-0.15, -0.1) is 0 Å². The average molecular weight is 483 g/mol. The minimum Gasteiger partial charge on any atom is -0.316 e. The van der Waals surface area contributed by atoms with Crippen LogP contribution in [0.4, 0.5) is 9.18 Å². The molecule has 6 nitrogen and oxygen atoms in total. The summed E-state index contributed by atoms with van der Waals surface area (Å²) < 4.78 is 15.6. The van der Waals surface area contributed by atoms with Crippen LogP contribution in [-0.4, -0.2) is 58.0 Å². The van der Waals surface area contributed by atoms with Crippen molar-refractivity contribution in [2.75, 3.05) is 26.2 Å². The number of hydrogen-bond donors (Lipinski definition) is 1. The van der Waals surface area contributed by atoms with Crippen LogP contribution in [0.15, 0.2) is 48.7 Å². The Labute approximate surface area is 203 Å². The maximum atomic E-state index is 13.5. The number of piperidine rings is 1. The number of rotatable bonds is 5. The Balaban J connectivity index is 1.31. The summed E-state index contributed by atoms with van der Waals surface area (Å²) in [5, 5.41) is 4.24. The van der Waals surface area contributed by atoms with Crippen LogP contribution in [0.2, 0.25) is 5.02 Å². The Hall–Kier alpha value is -2.90. The molecule has 1 N–H and O–H groups in total. The van der Waals surface area contributed by atoms with E-state index in [1.165, 1.54) is 17.7 Å². The number of aromatic nitrogens is 1. The number of nitrogens with one attached hydrogen (secondary N) is 1. The number of halogens is 2. The number of likely N-dealkylation sites (tertiary alicyclic amines) is 1. The van der Waals surface area contributed by atoms with Crippen molar-refractivity contribution >= 4 is 34.4 Å². The standard InChI is InChI=1S/C26H28ClFN4O2/c1-26(2)24(33)29-25(34)32(26)14-13-30-11-9-17(10-12-30)22-16-31(20-6-4-19(28)5-7-20)23-8-3-18(27)15-21(22)23/h3-8,15-17H,9-14H2,1-2H3,(H,29,33,34). The molecule has 5 rings (SSSR count). The molecule has 34 heavy (non-hydrogen) atoms. The Kier molecular flexibility index (Phi) is 5.86. The summed E-state index contributed by atoms with van der Waals surface area (Å²) in [6.07, 6.45) is 4.14. The van der Waals surface area contributed by atoms with Crippen molar-refractivity contribution in [2.24, 2.45) is 0 Å². The zero-order valence-corrected chi connectivity index (χ0v) is 20.1. The van der Waals surface area contributed by atoms with Gasteiger partial charge in [0.05, 0.1) is 5.52 Å². The largest absolute Gasteiger partial charge is 0.325 e. The Morgan fingerprint density at radius 2 is 1.76 bits per heavy atom. The van der Waals surface area contributed by atoms with Gasteiger partial charge in [-0.2, -0.15) is 0 Å². The maximum absolute atomic E-state index is 13.5. The van der Waals surface area contributed by atoms with Crippen LogP contribution >= 0.6 is 11.6 Å². The van der Waals surface area contributed by atoms with Gasteiger partial charge in [-0.25, -0.2) is 9.18 Å². The van der Waals surface area contributed by atoms with Crippen LogP contribution in [-0.2, 0) is 4.79 Å². The lowest BCUT2D eigenvalue weighted by molar-refractivity contribution is -0.125. The van der Waals surface area contributed by atoms with Crippen LogP contribution in [0.1, 0.15) is 38.2 Å². The number of benzene rings is 2. The van der Waals surface area contributed by atoms with E-state index in [1.807, 2.05) is 18.2 Å². The zero-order valence-electron chi connectivity index (χ0n) is 19.4. The van der Waals surface area contributed by atoms with E-state index >= 15 is 0 Å². The van der Waals surface area contributed by atoms with E-state index in [1.54, 1.807) is 30.9 Å². The summed E-state index contributed by atoms with van der Waals surface area (Å²) in [5.74, 6) is -0.116. The van der Waals surface area contributed by atoms with Gasteiger partial charge in [0.2, 0.25) is 0 Å². The van der Waals surface area contributed by atoms with Gasteiger partial charge < -0.3 is 14.4 Å². The van der Waals surface area contributed by atoms with E-state index in [-0.39, 0.29) is 17.8 Å². The molecule has 1 aromatic heterocycles. The highest BCUT2D eigenvalue weighted by Gasteiger charge is 2.45. The summed E-state index contributed by atoms with van der Waals surface area (Å²) in [6.45, 7) is 6.65. The average Bonchev–Trinajstić information content (AvgIpc) is 3.27. The van der Waals surface area contributed by atoms with Crippen LogP contribution in [0.5, 0.6) is 0 Å². The third-order valence-electron chi connectivity index (χ3n) is 7.27. The molecule has 0 unspecified atom stereocenters.